The van der Waals surface area contributed by atoms with Crippen LogP contribution in [0.25, 0.3) is 21.3 Å². The molecule has 130 valence electrons. The molecule has 0 atom stereocenters. The van der Waals surface area contributed by atoms with Gasteiger partial charge in [-0.2, -0.15) is 4.57 Å². The van der Waals surface area contributed by atoms with Crippen molar-refractivity contribution < 1.29 is 17.5 Å². The Morgan fingerprint density at radius 3 is 2.67 bits per heavy atom. The molecule has 0 spiro atoms. The van der Waals surface area contributed by atoms with Crippen molar-refractivity contribution in [2.75, 3.05) is 5.75 Å². The predicted octanol–water partition coefficient (Wildman–Crippen LogP) is 3.71. The Balaban J connectivity index is 2.20. The lowest BCUT2D eigenvalue weighted by molar-refractivity contribution is -0.672. The molecular formula is C15H16Cl2N2O3S2. The Morgan fingerprint density at radius 1 is 1.33 bits per heavy atom. The highest BCUT2D eigenvalue weighted by Gasteiger charge is 2.26. The van der Waals surface area contributed by atoms with E-state index in [1.54, 1.807) is 17.4 Å². The van der Waals surface area contributed by atoms with Gasteiger partial charge in [-0.3, -0.25) is 0 Å². The second-order valence-corrected chi connectivity index (χ2v) is 9.03. The first-order valence-corrected chi connectivity index (χ1v) is 10.6. The molecule has 24 heavy (non-hydrogen) atoms. The van der Waals surface area contributed by atoms with Crippen molar-refractivity contribution in [3.05, 3.63) is 27.2 Å². The zero-order valence-electron chi connectivity index (χ0n) is 13.2. The van der Waals surface area contributed by atoms with Gasteiger partial charge in [0, 0.05) is 25.6 Å². The number of thiazole rings is 1. The zero-order valence-corrected chi connectivity index (χ0v) is 16.3. The maximum Gasteiger partial charge on any atom is 0.250 e. The average molecular weight is 407 g/mol. The summed E-state index contributed by atoms with van der Waals surface area (Å²) in [4.78, 5) is 1.07. The van der Waals surface area contributed by atoms with Gasteiger partial charge >= 0.3 is 0 Å². The molecule has 2 aromatic heterocycles. The molecule has 2 heterocycles. The summed E-state index contributed by atoms with van der Waals surface area (Å²) in [6, 6.07) is 3.70. The molecule has 1 aromatic carbocycles. The smallest absolute Gasteiger partial charge is 0.250 e. The maximum atomic E-state index is 10.9. The minimum atomic E-state index is -4.20. The summed E-state index contributed by atoms with van der Waals surface area (Å²) in [6.45, 7) is 5.24. The molecule has 3 aromatic rings. The Morgan fingerprint density at radius 2 is 2.04 bits per heavy atom. The Hall–Kier alpha value is -0.860. The van der Waals surface area contributed by atoms with Crippen LogP contribution in [0.2, 0.25) is 10.0 Å². The van der Waals surface area contributed by atoms with Crippen molar-refractivity contribution >= 4 is 65.9 Å². The van der Waals surface area contributed by atoms with Crippen molar-refractivity contribution in [1.82, 2.24) is 4.57 Å². The van der Waals surface area contributed by atoms with Gasteiger partial charge in [0.25, 0.3) is 0 Å². The van der Waals surface area contributed by atoms with Crippen LogP contribution < -0.4 is 4.57 Å². The normalized spacial score (nSPS) is 12.5. The van der Waals surface area contributed by atoms with E-state index in [1.807, 2.05) is 19.9 Å². The number of hydrogen-bond acceptors (Lipinski definition) is 4. The summed E-state index contributed by atoms with van der Waals surface area (Å²) in [6.07, 6.45) is 0.281. The van der Waals surface area contributed by atoms with Crippen LogP contribution in [0.4, 0.5) is 0 Å². The topological polar surface area (TPSA) is 66.0 Å². The van der Waals surface area contributed by atoms with Crippen LogP contribution >= 0.6 is 34.5 Å². The summed E-state index contributed by atoms with van der Waals surface area (Å²) >= 11 is 14.2. The fraction of sp³-hybridized carbons (Fsp3) is 0.400. The summed E-state index contributed by atoms with van der Waals surface area (Å²) in [5.74, 6) is -0.365. The third kappa shape index (κ3) is 3.04. The third-order valence-electron chi connectivity index (χ3n) is 4.03. The first kappa shape index (κ1) is 17.9. The van der Waals surface area contributed by atoms with E-state index in [-0.39, 0.29) is 12.2 Å². The lowest BCUT2D eigenvalue weighted by Gasteiger charge is -2.05. The Kier molecular flexibility index (Phi) is 4.83. The van der Waals surface area contributed by atoms with Crippen molar-refractivity contribution in [2.45, 2.75) is 33.4 Å². The molecule has 3 rings (SSSR count). The van der Waals surface area contributed by atoms with E-state index in [0.717, 1.165) is 32.8 Å². The first-order chi connectivity index (χ1) is 11.2. The van der Waals surface area contributed by atoms with Crippen LogP contribution in [0.5, 0.6) is 0 Å². The van der Waals surface area contributed by atoms with Crippen molar-refractivity contribution in [3.8, 4) is 0 Å². The van der Waals surface area contributed by atoms with Crippen LogP contribution in [-0.2, 0) is 23.2 Å². The number of halogens is 2. The molecule has 0 aliphatic carbocycles. The maximum absolute atomic E-state index is 10.9. The Bertz CT molecular complexity index is 1040. The number of aryl methyl sites for hydroxylation is 3. The molecule has 0 aliphatic heterocycles. The van der Waals surface area contributed by atoms with Crippen LogP contribution in [0.1, 0.15) is 18.4 Å². The second kappa shape index (κ2) is 6.46. The molecule has 0 bridgehead atoms. The van der Waals surface area contributed by atoms with Gasteiger partial charge in [0.05, 0.1) is 31.1 Å². The number of benzene rings is 1. The number of hydrogen-bond donors (Lipinski definition) is 0. The SMILES string of the molecule is CCn1c2sc(C)[n+](CCCS(=O)(=O)[O-])c2c2ccc(Cl)c(Cl)c21. The average Bonchev–Trinajstić information content (AvgIpc) is 2.96. The van der Waals surface area contributed by atoms with Gasteiger partial charge in [-0.25, -0.2) is 8.42 Å². The van der Waals surface area contributed by atoms with E-state index in [9.17, 15) is 13.0 Å². The van der Waals surface area contributed by atoms with Crippen molar-refractivity contribution in [3.63, 3.8) is 0 Å². The lowest BCUT2D eigenvalue weighted by Crippen LogP contribution is -2.35. The second-order valence-electron chi connectivity index (χ2n) is 5.54. The van der Waals surface area contributed by atoms with Gasteiger partial charge in [-0.15, -0.1) is 0 Å². The minimum Gasteiger partial charge on any atom is -0.748 e. The van der Waals surface area contributed by atoms with E-state index >= 15 is 0 Å². The molecular weight excluding hydrogens is 391 g/mol. The van der Waals surface area contributed by atoms with Gasteiger partial charge < -0.3 is 9.12 Å². The number of rotatable bonds is 5. The molecule has 0 saturated heterocycles. The Labute approximate surface area is 154 Å². The van der Waals surface area contributed by atoms with Gasteiger partial charge in [-0.1, -0.05) is 23.2 Å². The van der Waals surface area contributed by atoms with Gasteiger partial charge in [0.15, 0.2) is 11.4 Å². The highest BCUT2D eigenvalue weighted by molar-refractivity contribution is 7.85. The standard InChI is InChI=1S/C15H16Cl2N2O3S2/c1-3-18-13-10(5-6-11(16)12(13)17)14-15(18)23-9(2)19(14)7-4-8-24(20,21)22/h5-6H,3-4,7-8H2,1-2H3. The summed E-state index contributed by atoms with van der Waals surface area (Å²) in [5, 5.41) is 3.06. The fourth-order valence-corrected chi connectivity index (χ4v) is 5.15. The van der Waals surface area contributed by atoms with Crippen LogP contribution in [0.3, 0.4) is 0 Å². The molecule has 5 nitrogen and oxygen atoms in total. The summed E-state index contributed by atoms with van der Waals surface area (Å²) < 4.78 is 36.7. The minimum absolute atomic E-state index is 0.281. The number of nitrogens with zero attached hydrogens (tertiary/aromatic N) is 2. The van der Waals surface area contributed by atoms with E-state index in [1.165, 1.54) is 0 Å². The number of aromatic nitrogens is 2. The van der Waals surface area contributed by atoms with Crippen molar-refractivity contribution in [1.29, 1.82) is 0 Å². The molecule has 9 heteroatoms. The molecule has 0 unspecified atom stereocenters. The zero-order chi connectivity index (χ0) is 17.6. The molecule has 0 saturated carbocycles. The van der Waals surface area contributed by atoms with Crippen molar-refractivity contribution in [2.24, 2.45) is 0 Å². The molecule has 0 N–H and O–H groups in total. The van der Waals surface area contributed by atoms with Gasteiger partial charge in [0.1, 0.15) is 0 Å². The lowest BCUT2D eigenvalue weighted by atomic mass is 10.2. The highest BCUT2D eigenvalue weighted by Crippen LogP contribution is 2.38. The predicted molar refractivity (Wildman–Crippen MR) is 97.1 cm³/mol. The van der Waals surface area contributed by atoms with E-state index in [0.29, 0.717) is 16.6 Å². The fourth-order valence-electron chi connectivity index (χ4n) is 3.03. The molecule has 0 fully saturated rings. The van der Waals surface area contributed by atoms with E-state index in [4.69, 9.17) is 23.2 Å². The highest BCUT2D eigenvalue weighted by atomic mass is 35.5. The van der Waals surface area contributed by atoms with E-state index < -0.39 is 10.1 Å². The van der Waals surface area contributed by atoms with E-state index in [2.05, 4.69) is 9.13 Å². The summed E-state index contributed by atoms with van der Waals surface area (Å²) in [5.41, 5.74) is 1.90. The quantitative estimate of drug-likeness (QED) is 0.478. The van der Waals surface area contributed by atoms with Gasteiger partial charge in [-0.05, 0) is 30.4 Å². The monoisotopic (exact) mass is 406 g/mol. The molecule has 0 amide bonds. The van der Waals surface area contributed by atoms with Crippen LogP contribution in [0, 0.1) is 6.92 Å². The first-order valence-electron chi connectivity index (χ1n) is 7.47. The molecule has 0 aliphatic rings. The van der Waals surface area contributed by atoms with Crippen LogP contribution in [-0.4, -0.2) is 23.3 Å². The number of fused-ring (bicyclic) bond motifs is 3. The summed E-state index contributed by atoms with van der Waals surface area (Å²) in [7, 11) is -4.20. The molecule has 0 radical (unpaired) electrons. The largest absolute Gasteiger partial charge is 0.748 e. The third-order valence-corrected chi connectivity index (χ3v) is 6.73. The van der Waals surface area contributed by atoms with Crippen LogP contribution in [0.15, 0.2) is 12.1 Å². The van der Waals surface area contributed by atoms with Gasteiger partial charge in [0.2, 0.25) is 10.5 Å².